The Morgan fingerprint density at radius 3 is 2.07 bits per heavy atom. The third-order valence-corrected chi connectivity index (χ3v) is 4.08. The molecule has 1 unspecified atom stereocenters. The van der Waals surface area contributed by atoms with Gasteiger partial charge in [-0.05, 0) is 36.0 Å². The Balaban J connectivity index is 2.70. The highest BCUT2D eigenvalue weighted by atomic mass is 16.6. The molecule has 160 valence electrons. The maximum absolute atomic E-state index is 12.5. The Morgan fingerprint density at radius 2 is 1.59 bits per heavy atom. The average Bonchev–Trinajstić information content (AvgIpc) is 2.63. The molecule has 1 aromatic carbocycles. The molecule has 0 heterocycles. The van der Waals surface area contributed by atoms with Crippen LogP contribution in [0.4, 0.5) is 4.79 Å². The van der Waals surface area contributed by atoms with Gasteiger partial charge < -0.3 is 14.8 Å². The summed E-state index contributed by atoms with van der Waals surface area (Å²) in [5.74, 6) is -2.27. The smallest absolute Gasteiger partial charge is 0.413 e. The van der Waals surface area contributed by atoms with Crippen LogP contribution in [0.25, 0.3) is 0 Å². The van der Waals surface area contributed by atoms with Gasteiger partial charge in [-0.25, -0.2) is 9.59 Å². The minimum absolute atomic E-state index is 0.0383. The summed E-state index contributed by atoms with van der Waals surface area (Å²) in [6.07, 6.45) is -0.916. The summed E-state index contributed by atoms with van der Waals surface area (Å²) in [7, 11) is 0. The summed E-state index contributed by atoms with van der Waals surface area (Å²) in [4.78, 5) is 47.6. The molecule has 0 aromatic heterocycles. The van der Waals surface area contributed by atoms with E-state index in [9.17, 15) is 19.2 Å². The monoisotopic (exact) mass is 406 g/mol. The molecule has 29 heavy (non-hydrogen) atoms. The second kappa shape index (κ2) is 10.6. The summed E-state index contributed by atoms with van der Waals surface area (Å²) >= 11 is 0. The minimum atomic E-state index is -0.944. The normalized spacial score (nSPS) is 12.1. The number of ether oxygens (including phenoxy) is 2. The lowest BCUT2D eigenvalue weighted by Crippen LogP contribution is -2.46. The highest BCUT2D eigenvalue weighted by Crippen LogP contribution is 2.22. The third kappa shape index (κ3) is 7.93. The minimum Gasteiger partial charge on any atom is -0.454 e. The van der Waals surface area contributed by atoms with E-state index in [1.54, 1.807) is 32.9 Å². The number of imide groups is 1. The van der Waals surface area contributed by atoms with Gasteiger partial charge in [-0.15, -0.1) is 0 Å². The number of benzene rings is 1. The van der Waals surface area contributed by atoms with E-state index in [-0.39, 0.29) is 17.9 Å². The van der Waals surface area contributed by atoms with E-state index < -0.39 is 36.5 Å². The number of alkyl carbamates (subject to hydrolysis) is 1. The van der Waals surface area contributed by atoms with Gasteiger partial charge in [0.25, 0.3) is 11.8 Å². The largest absolute Gasteiger partial charge is 0.454 e. The molecule has 3 amide bonds. The fraction of sp³-hybridized carbons (Fsp3) is 0.524. The van der Waals surface area contributed by atoms with Crippen molar-refractivity contribution in [3.8, 4) is 0 Å². The number of carbonyl (C=O) groups excluding carboxylic acids is 4. The molecule has 0 aliphatic rings. The maximum Gasteiger partial charge on any atom is 0.413 e. The molecule has 0 saturated heterocycles. The van der Waals surface area contributed by atoms with E-state index in [1.165, 1.54) is 0 Å². The number of nitrogens with one attached hydrogen (secondary N) is 2. The summed E-state index contributed by atoms with van der Waals surface area (Å²) in [5.41, 5.74) is 1.46. The van der Waals surface area contributed by atoms with Gasteiger partial charge in [0.05, 0.1) is 6.61 Å². The zero-order valence-corrected chi connectivity index (χ0v) is 17.8. The molecule has 0 bridgehead atoms. The van der Waals surface area contributed by atoms with Gasteiger partial charge in [-0.3, -0.25) is 14.9 Å². The first-order valence-corrected chi connectivity index (χ1v) is 9.50. The number of esters is 1. The number of hydrogen-bond donors (Lipinski definition) is 2. The molecule has 1 rings (SSSR count). The summed E-state index contributed by atoms with van der Waals surface area (Å²) in [6, 6.07) is 6.20. The Bertz CT molecular complexity index is 735. The van der Waals surface area contributed by atoms with Crippen molar-refractivity contribution < 1.29 is 28.7 Å². The molecule has 0 saturated carbocycles. The van der Waals surface area contributed by atoms with Gasteiger partial charge >= 0.3 is 12.1 Å². The fourth-order valence-corrected chi connectivity index (χ4v) is 2.39. The fourth-order valence-electron chi connectivity index (χ4n) is 2.39. The molecule has 1 aromatic rings. The van der Waals surface area contributed by atoms with E-state index in [0.29, 0.717) is 5.56 Å². The molecular formula is C21H30N2O6. The van der Waals surface area contributed by atoms with Gasteiger partial charge in [0.1, 0.15) is 6.04 Å². The maximum atomic E-state index is 12.5. The van der Waals surface area contributed by atoms with Crippen LogP contribution in [0.2, 0.25) is 0 Å². The lowest BCUT2D eigenvalue weighted by molar-refractivity contribution is -0.151. The molecular weight excluding hydrogens is 376 g/mol. The summed E-state index contributed by atoms with van der Waals surface area (Å²) in [5, 5.41) is 4.56. The zero-order chi connectivity index (χ0) is 22.2. The van der Waals surface area contributed by atoms with Crippen molar-refractivity contribution in [1.29, 1.82) is 0 Å². The van der Waals surface area contributed by atoms with Crippen LogP contribution in [-0.2, 0) is 24.5 Å². The Hall–Kier alpha value is -2.90. The van der Waals surface area contributed by atoms with Crippen molar-refractivity contribution in [3.05, 3.63) is 35.4 Å². The van der Waals surface area contributed by atoms with Crippen LogP contribution in [0.5, 0.6) is 0 Å². The molecule has 0 radical (unpaired) electrons. The highest BCUT2D eigenvalue weighted by Gasteiger charge is 2.27. The van der Waals surface area contributed by atoms with Gasteiger partial charge in [-0.2, -0.15) is 0 Å². The van der Waals surface area contributed by atoms with Gasteiger partial charge in [0, 0.05) is 5.56 Å². The number of carbonyl (C=O) groups is 4. The molecule has 2 N–H and O–H groups in total. The summed E-state index contributed by atoms with van der Waals surface area (Å²) in [6.45, 7) is 10.8. The lowest BCUT2D eigenvalue weighted by Gasteiger charge is -2.21. The molecule has 8 nitrogen and oxygen atoms in total. The first-order valence-electron chi connectivity index (χ1n) is 9.50. The van der Waals surface area contributed by atoms with E-state index in [0.717, 1.165) is 5.56 Å². The first-order chi connectivity index (χ1) is 13.5. The second-order valence-electron chi connectivity index (χ2n) is 7.90. The predicted molar refractivity (Wildman–Crippen MR) is 107 cm³/mol. The van der Waals surface area contributed by atoms with E-state index in [2.05, 4.69) is 30.8 Å². The predicted octanol–water partition coefficient (Wildman–Crippen LogP) is 2.55. The number of rotatable bonds is 7. The van der Waals surface area contributed by atoms with Crippen molar-refractivity contribution in [2.24, 2.45) is 5.92 Å². The highest BCUT2D eigenvalue weighted by molar-refractivity contribution is 5.97. The van der Waals surface area contributed by atoms with Crippen molar-refractivity contribution in [3.63, 3.8) is 0 Å². The molecule has 0 aliphatic heterocycles. The van der Waals surface area contributed by atoms with Crippen LogP contribution in [0.15, 0.2) is 24.3 Å². The van der Waals surface area contributed by atoms with Crippen molar-refractivity contribution in [2.75, 3.05) is 13.2 Å². The quantitative estimate of drug-likeness (QED) is 0.673. The van der Waals surface area contributed by atoms with Crippen LogP contribution >= 0.6 is 0 Å². The van der Waals surface area contributed by atoms with Gasteiger partial charge in [0.15, 0.2) is 6.61 Å². The zero-order valence-electron chi connectivity index (χ0n) is 17.8. The molecule has 0 spiro atoms. The van der Waals surface area contributed by atoms with Gasteiger partial charge in [-0.1, -0.05) is 46.8 Å². The molecule has 0 aliphatic carbocycles. The van der Waals surface area contributed by atoms with E-state index >= 15 is 0 Å². The van der Waals surface area contributed by atoms with Crippen LogP contribution in [-0.4, -0.2) is 43.1 Å². The summed E-state index contributed by atoms with van der Waals surface area (Å²) < 4.78 is 9.50. The first kappa shape index (κ1) is 24.1. The Labute approximate surface area is 171 Å². The third-order valence-electron chi connectivity index (χ3n) is 4.08. The number of amides is 3. The van der Waals surface area contributed by atoms with Gasteiger partial charge in [0.2, 0.25) is 0 Å². The van der Waals surface area contributed by atoms with Crippen LogP contribution in [0.1, 0.15) is 57.5 Å². The van der Waals surface area contributed by atoms with E-state index in [4.69, 9.17) is 4.74 Å². The van der Waals surface area contributed by atoms with Crippen LogP contribution in [0, 0.1) is 5.92 Å². The van der Waals surface area contributed by atoms with Crippen LogP contribution in [0.3, 0.4) is 0 Å². The topological polar surface area (TPSA) is 111 Å². The van der Waals surface area contributed by atoms with Crippen molar-refractivity contribution in [2.45, 2.75) is 53.0 Å². The molecule has 8 heteroatoms. The Morgan fingerprint density at radius 1 is 1.00 bits per heavy atom. The SMILES string of the molecule is CCOC(=O)NC(=O)COC(=O)C(NC(=O)c1ccc(C(C)(C)C)cc1)C(C)C. The average molecular weight is 406 g/mol. The van der Waals surface area contributed by atoms with Crippen LogP contribution < -0.4 is 10.6 Å². The second-order valence-corrected chi connectivity index (χ2v) is 7.90. The van der Waals surface area contributed by atoms with Crippen molar-refractivity contribution in [1.82, 2.24) is 10.6 Å². The van der Waals surface area contributed by atoms with Crippen molar-refractivity contribution >= 4 is 23.9 Å². The lowest BCUT2D eigenvalue weighted by atomic mass is 9.86. The molecule has 1 atom stereocenters. The van der Waals surface area contributed by atoms with E-state index in [1.807, 2.05) is 17.4 Å². The Kier molecular flexibility index (Phi) is 8.82. The molecule has 0 fully saturated rings. The standard InChI is InChI=1S/C21H30N2O6/c1-7-28-20(27)22-16(24)12-29-19(26)17(13(2)3)23-18(25)14-8-10-15(11-9-14)21(4,5)6/h8-11,13,17H,7,12H2,1-6H3,(H,23,25)(H,22,24,27). The number of hydrogen-bond acceptors (Lipinski definition) is 6.